The zero-order valence-corrected chi connectivity index (χ0v) is 8.83. The zero-order chi connectivity index (χ0) is 9.97. The second-order valence-corrected chi connectivity index (χ2v) is 3.76. The number of nitrogens with zero attached hydrogens (tertiary/aromatic N) is 1. The van der Waals surface area contributed by atoms with Gasteiger partial charge in [0, 0.05) is 16.2 Å². The molecule has 0 fully saturated rings. The molecule has 0 aliphatic rings. The Morgan fingerprint density at radius 3 is 2.50 bits per heavy atom. The van der Waals surface area contributed by atoms with Crippen LogP contribution >= 0.6 is 15.9 Å². The van der Waals surface area contributed by atoms with E-state index in [1.165, 1.54) is 6.07 Å². The van der Waals surface area contributed by atoms with Crippen LogP contribution in [0.15, 0.2) is 47.1 Å². The summed E-state index contributed by atoms with van der Waals surface area (Å²) in [6.45, 7) is 0. The maximum Gasteiger partial charge on any atom is 0.132 e. The smallest absolute Gasteiger partial charge is 0.132 e. The molecule has 0 aliphatic heterocycles. The maximum atomic E-state index is 13.3. The highest BCUT2D eigenvalue weighted by molar-refractivity contribution is 9.10. The summed E-state index contributed by atoms with van der Waals surface area (Å²) in [5.74, 6) is -0.248. The lowest BCUT2D eigenvalue weighted by molar-refractivity contribution is 0.630. The molecule has 3 heteroatoms. The van der Waals surface area contributed by atoms with Gasteiger partial charge in [0.05, 0.1) is 5.69 Å². The van der Waals surface area contributed by atoms with Crippen molar-refractivity contribution in [3.05, 3.63) is 52.9 Å². The lowest BCUT2D eigenvalue weighted by Gasteiger charge is -2.01. The molecule has 0 radical (unpaired) electrons. The highest BCUT2D eigenvalue weighted by Crippen LogP contribution is 2.21. The lowest BCUT2D eigenvalue weighted by atomic mass is 10.1. The van der Waals surface area contributed by atoms with Crippen LogP contribution in [0.4, 0.5) is 4.39 Å². The first-order chi connectivity index (χ1) is 6.77. The van der Waals surface area contributed by atoms with Gasteiger partial charge >= 0.3 is 0 Å². The zero-order valence-electron chi connectivity index (χ0n) is 7.24. The Kier molecular flexibility index (Phi) is 2.59. The van der Waals surface area contributed by atoms with Gasteiger partial charge in [-0.25, -0.2) is 4.39 Å². The minimum atomic E-state index is -0.248. The highest BCUT2D eigenvalue weighted by Gasteiger charge is 2.03. The van der Waals surface area contributed by atoms with Crippen molar-refractivity contribution in [3.63, 3.8) is 0 Å². The molecule has 2 aromatic rings. The number of hydrogen-bond acceptors (Lipinski definition) is 1. The normalized spacial score (nSPS) is 10.1. The van der Waals surface area contributed by atoms with Gasteiger partial charge in [-0.15, -0.1) is 0 Å². The Bertz CT molecular complexity index is 439. The molecule has 0 aliphatic carbocycles. The summed E-state index contributed by atoms with van der Waals surface area (Å²) in [5, 5.41) is 0. The van der Waals surface area contributed by atoms with Gasteiger partial charge < -0.3 is 0 Å². The minimum Gasteiger partial charge on any atom is -0.255 e. The molecule has 0 atom stereocenters. The average molecular weight is 252 g/mol. The fraction of sp³-hybridized carbons (Fsp3) is 0. The van der Waals surface area contributed by atoms with Crippen LogP contribution in [0.3, 0.4) is 0 Å². The standard InChI is InChI=1S/C11H7BrFN/c12-8-5-6-11(14-7-8)9-3-1-2-4-10(9)13/h1-7H. The number of aromatic nitrogens is 1. The third-order valence-corrected chi connectivity index (χ3v) is 2.35. The number of hydrogen-bond donors (Lipinski definition) is 0. The summed E-state index contributed by atoms with van der Waals surface area (Å²) in [5.41, 5.74) is 1.17. The summed E-state index contributed by atoms with van der Waals surface area (Å²) in [4.78, 5) is 4.12. The molecule has 14 heavy (non-hydrogen) atoms. The molecule has 0 unspecified atom stereocenters. The van der Waals surface area contributed by atoms with Crippen molar-refractivity contribution in [2.24, 2.45) is 0 Å². The topological polar surface area (TPSA) is 12.9 Å². The van der Waals surface area contributed by atoms with Crippen LogP contribution in [-0.4, -0.2) is 4.98 Å². The Morgan fingerprint density at radius 2 is 1.86 bits per heavy atom. The van der Waals surface area contributed by atoms with Crippen LogP contribution in [0.2, 0.25) is 0 Å². The molecule has 0 saturated heterocycles. The molecule has 70 valence electrons. The van der Waals surface area contributed by atoms with E-state index in [0.717, 1.165) is 4.47 Å². The van der Waals surface area contributed by atoms with Crippen LogP contribution in [0.5, 0.6) is 0 Å². The molecule has 1 aromatic heterocycles. The SMILES string of the molecule is Fc1ccccc1-c1ccc(Br)cn1. The van der Waals surface area contributed by atoms with E-state index in [1.54, 1.807) is 30.5 Å². The summed E-state index contributed by atoms with van der Waals surface area (Å²) >= 11 is 3.28. The van der Waals surface area contributed by atoms with E-state index in [9.17, 15) is 4.39 Å². The van der Waals surface area contributed by atoms with Gasteiger partial charge in [-0.3, -0.25) is 4.98 Å². The van der Waals surface area contributed by atoms with E-state index in [2.05, 4.69) is 20.9 Å². The van der Waals surface area contributed by atoms with Crippen molar-refractivity contribution < 1.29 is 4.39 Å². The first-order valence-electron chi connectivity index (χ1n) is 4.14. The van der Waals surface area contributed by atoms with Crippen molar-refractivity contribution in [2.75, 3.05) is 0 Å². The van der Waals surface area contributed by atoms with Crippen molar-refractivity contribution in [3.8, 4) is 11.3 Å². The quantitative estimate of drug-likeness (QED) is 0.754. The Hall–Kier alpha value is -1.22. The van der Waals surface area contributed by atoms with E-state index >= 15 is 0 Å². The third kappa shape index (κ3) is 1.82. The second-order valence-electron chi connectivity index (χ2n) is 2.84. The van der Waals surface area contributed by atoms with Crippen molar-refractivity contribution in [1.82, 2.24) is 4.98 Å². The molecule has 0 spiro atoms. The largest absolute Gasteiger partial charge is 0.255 e. The number of halogens is 2. The van der Waals surface area contributed by atoms with Crippen LogP contribution in [0.25, 0.3) is 11.3 Å². The Morgan fingerprint density at radius 1 is 1.07 bits per heavy atom. The minimum absolute atomic E-state index is 0.248. The summed E-state index contributed by atoms with van der Waals surface area (Å²) in [6, 6.07) is 10.2. The average Bonchev–Trinajstić information content (AvgIpc) is 2.20. The predicted octanol–water partition coefficient (Wildman–Crippen LogP) is 3.65. The lowest BCUT2D eigenvalue weighted by Crippen LogP contribution is -1.86. The van der Waals surface area contributed by atoms with E-state index in [-0.39, 0.29) is 5.82 Å². The molecule has 0 bridgehead atoms. The number of rotatable bonds is 1. The molecule has 1 aromatic carbocycles. The number of benzene rings is 1. The molecule has 0 amide bonds. The van der Waals surface area contributed by atoms with Gasteiger partial charge in [0.15, 0.2) is 0 Å². The van der Waals surface area contributed by atoms with E-state index in [0.29, 0.717) is 11.3 Å². The predicted molar refractivity (Wildman–Crippen MR) is 57.3 cm³/mol. The Labute approximate surface area is 89.7 Å². The highest BCUT2D eigenvalue weighted by atomic mass is 79.9. The molecule has 0 saturated carbocycles. The van der Waals surface area contributed by atoms with Crippen LogP contribution < -0.4 is 0 Å². The summed E-state index contributed by atoms with van der Waals surface area (Å²) in [6.07, 6.45) is 1.65. The first-order valence-corrected chi connectivity index (χ1v) is 4.93. The molecule has 1 heterocycles. The Balaban J connectivity index is 2.50. The van der Waals surface area contributed by atoms with Gasteiger partial charge in [0.2, 0.25) is 0 Å². The van der Waals surface area contributed by atoms with Crippen LogP contribution in [0.1, 0.15) is 0 Å². The summed E-state index contributed by atoms with van der Waals surface area (Å²) in [7, 11) is 0. The second kappa shape index (κ2) is 3.88. The molecule has 1 nitrogen and oxygen atoms in total. The van der Waals surface area contributed by atoms with E-state index in [4.69, 9.17) is 0 Å². The van der Waals surface area contributed by atoms with Crippen LogP contribution in [0, 0.1) is 5.82 Å². The third-order valence-electron chi connectivity index (χ3n) is 1.88. The monoisotopic (exact) mass is 251 g/mol. The van der Waals surface area contributed by atoms with E-state index < -0.39 is 0 Å². The van der Waals surface area contributed by atoms with Crippen molar-refractivity contribution in [2.45, 2.75) is 0 Å². The maximum absolute atomic E-state index is 13.3. The van der Waals surface area contributed by atoms with Gasteiger partial charge in [-0.1, -0.05) is 12.1 Å². The first kappa shape index (κ1) is 9.34. The van der Waals surface area contributed by atoms with Gasteiger partial charge in [-0.2, -0.15) is 0 Å². The molecular formula is C11H7BrFN. The molecule has 0 N–H and O–H groups in total. The fourth-order valence-corrected chi connectivity index (χ4v) is 1.44. The molecular weight excluding hydrogens is 245 g/mol. The van der Waals surface area contributed by atoms with Crippen molar-refractivity contribution >= 4 is 15.9 Å². The van der Waals surface area contributed by atoms with Crippen molar-refractivity contribution in [1.29, 1.82) is 0 Å². The van der Waals surface area contributed by atoms with Gasteiger partial charge in [-0.05, 0) is 40.2 Å². The van der Waals surface area contributed by atoms with Gasteiger partial charge in [0.25, 0.3) is 0 Å². The fourth-order valence-electron chi connectivity index (χ4n) is 1.20. The van der Waals surface area contributed by atoms with Crippen LogP contribution in [-0.2, 0) is 0 Å². The summed E-state index contributed by atoms with van der Waals surface area (Å²) < 4.78 is 14.2. The molecule has 2 rings (SSSR count). The van der Waals surface area contributed by atoms with Gasteiger partial charge in [0.1, 0.15) is 5.82 Å². The van der Waals surface area contributed by atoms with E-state index in [1.807, 2.05) is 6.07 Å². The number of pyridine rings is 1.